The summed E-state index contributed by atoms with van der Waals surface area (Å²) < 4.78 is 30.2. The molecule has 362 valence electrons. The number of amides is 6. The molecule has 0 bridgehead atoms. The van der Waals surface area contributed by atoms with E-state index < -0.39 is 47.2 Å². The number of carbonyl (C=O) groups excluding carboxylic acids is 6. The maximum atomic E-state index is 14.4. The van der Waals surface area contributed by atoms with Crippen molar-refractivity contribution in [2.45, 2.75) is 117 Å². The molecule has 3 aliphatic heterocycles. The largest absolute Gasteiger partial charge is 0.453 e. The lowest BCUT2D eigenvalue weighted by molar-refractivity contribution is -0.140. The number of alkyl carbamates (subject to hydrolysis) is 2. The number of methoxy groups -OCH3 is 3. The van der Waals surface area contributed by atoms with Gasteiger partial charge in [0.15, 0.2) is 0 Å². The molecular formula is C50H66FN7O9. The number of halogens is 1. The monoisotopic (exact) mass is 927 g/mol. The Kier molecular flexibility index (Phi) is 15.5. The van der Waals surface area contributed by atoms with Crippen LogP contribution in [0.1, 0.15) is 97.4 Å². The van der Waals surface area contributed by atoms with Crippen LogP contribution in [-0.2, 0) is 33.4 Å². The highest BCUT2D eigenvalue weighted by Crippen LogP contribution is 2.51. The van der Waals surface area contributed by atoms with Gasteiger partial charge in [0.05, 0.1) is 32.4 Å². The Bertz CT molecular complexity index is 2260. The first-order chi connectivity index (χ1) is 31.7. The smallest absolute Gasteiger partial charge is 0.407 e. The molecule has 0 spiro atoms. The van der Waals surface area contributed by atoms with Crippen molar-refractivity contribution < 1.29 is 47.4 Å². The fraction of sp³-hybridized carbons (Fsp3) is 0.520. The third-order valence-corrected chi connectivity index (χ3v) is 13.2. The van der Waals surface area contributed by atoms with Crippen molar-refractivity contribution in [3.05, 3.63) is 89.7 Å². The van der Waals surface area contributed by atoms with Crippen molar-refractivity contribution in [1.82, 2.24) is 20.4 Å². The van der Waals surface area contributed by atoms with Crippen LogP contribution < -0.4 is 26.2 Å². The van der Waals surface area contributed by atoms with Crippen LogP contribution >= 0.6 is 0 Å². The maximum absolute atomic E-state index is 14.4. The van der Waals surface area contributed by atoms with E-state index in [0.29, 0.717) is 50.1 Å². The summed E-state index contributed by atoms with van der Waals surface area (Å²) in [5.74, 6) is -1.84. The van der Waals surface area contributed by atoms with Crippen molar-refractivity contribution in [2.24, 2.45) is 16.7 Å². The summed E-state index contributed by atoms with van der Waals surface area (Å²) in [5, 5.41) is 11.3. The third-order valence-electron chi connectivity index (χ3n) is 13.2. The van der Waals surface area contributed by atoms with Gasteiger partial charge in [-0.15, -0.1) is 0 Å². The van der Waals surface area contributed by atoms with Crippen LogP contribution in [0, 0.1) is 22.6 Å². The average Bonchev–Trinajstić information content (AvgIpc) is 4.05. The second kappa shape index (κ2) is 20.7. The van der Waals surface area contributed by atoms with E-state index in [1.165, 1.54) is 36.2 Å². The highest BCUT2D eigenvalue weighted by molar-refractivity contribution is 6.00. The van der Waals surface area contributed by atoms with E-state index in [4.69, 9.17) is 14.2 Å². The lowest BCUT2D eigenvalue weighted by Gasteiger charge is -2.35. The molecule has 6 amide bonds. The summed E-state index contributed by atoms with van der Waals surface area (Å²) in [7, 11) is 4.14. The predicted molar refractivity (Wildman–Crippen MR) is 252 cm³/mol. The number of nitrogens with zero attached hydrogens (tertiary/aromatic N) is 3. The van der Waals surface area contributed by atoms with E-state index in [-0.39, 0.29) is 53.6 Å². The van der Waals surface area contributed by atoms with Gasteiger partial charge < -0.3 is 50.2 Å². The van der Waals surface area contributed by atoms with Gasteiger partial charge in [-0.05, 0) is 96.2 Å². The minimum Gasteiger partial charge on any atom is -0.453 e. The van der Waals surface area contributed by atoms with Crippen molar-refractivity contribution in [2.75, 3.05) is 50.0 Å². The number of hydrogen-bond acceptors (Lipinski definition) is 10. The normalized spacial score (nSPS) is 22.7. The minimum atomic E-state index is -0.902. The Balaban J connectivity index is 1.20. The van der Waals surface area contributed by atoms with Crippen molar-refractivity contribution in [3.8, 4) is 0 Å². The fourth-order valence-corrected chi connectivity index (χ4v) is 9.71. The summed E-state index contributed by atoms with van der Waals surface area (Å²) >= 11 is 0. The molecular weight excluding hydrogens is 862 g/mol. The molecule has 0 aromatic heterocycles. The zero-order valence-corrected chi connectivity index (χ0v) is 40.2. The molecule has 3 aliphatic rings. The molecule has 0 saturated carbocycles. The maximum Gasteiger partial charge on any atom is 0.407 e. The Morgan fingerprint density at radius 1 is 0.612 bits per heavy atom. The Hall–Kier alpha value is -6.23. The summed E-state index contributed by atoms with van der Waals surface area (Å²) in [4.78, 5) is 84.7. The van der Waals surface area contributed by atoms with Gasteiger partial charge in [-0.25, -0.2) is 14.0 Å². The second-order valence-electron chi connectivity index (χ2n) is 19.8. The second-order valence-corrected chi connectivity index (χ2v) is 19.8. The van der Waals surface area contributed by atoms with E-state index in [1.807, 2.05) is 90.1 Å². The predicted octanol–water partition coefficient (Wildman–Crippen LogP) is 7.18. The van der Waals surface area contributed by atoms with Gasteiger partial charge in [-0.3, -0.25) is 19.2 Å². The van der Waals surface area contributed by atoms with Crippen LogP contribution in [0.25, 0.3) is 0 Å². The summed E-state index contributed by atoms with van der Waals surface area (Å²) in [6.45, 7) is 13.9. The SMILES string of the molecule is COC(=O)N[C@H](C(=O)N1CCC[C@H]1C(=O)Nc1ccc([C@H]2[C@@H](C)[C@H](OC)[C@H](c3ccc(NC(=O)[C@@H]4CCCN4C(=O)[C@@H](NC(=O)OC)C(C)(C)C)cc3)N2c2ccc(F)cc2)cc1)C(C)(C)C. The molecule has 3 saturated heterocycles. The zero-order valence-electron chi connectivity index (χ0n) is 40.2. The number of rotatable bonds is 12. The number of nitrogens with one attached hydrogen (secondary N) is 4. The summed E-state index contributed by atoms with van der Waals surface area (Å²) in [6.07, 6.45) is 0.421. The highest BCUT2D eigenvalue weighted by Gasteiger charge is 2.49. The number of likely N-dealkylation sites (tertiary alicyclic amines) is 2. The Labute approximate surface area is 392 Å². The van der Waals surface area contributed by atoms with E-state index in [2.05, 4.69) is 33.1 Å². The molecule has 17 heteroatoms. The molecule has 0 unspecified atom stereocenters. The van der Waals surface area contributed by atoms with Crippen LogP contribution in [0.3, 0.4) is 0 Å². The molecule has 3 fully saturated rings. The first-order valence-electron chi connectivity index (χ1n) is 22.9. The van der Waals surface area contributed by atoms with Crippen molar-refractivity contribution >= 4 is 52.9 Å². The third kappa shape index (κ3) is 11.1. The Morgan fingerprint density at radius 3 is 1.39 bits per heavy atom. The molecule has 67 heavy (non-hydrogen) atoms. The van der Waals surface area contributed by atoms with E-state index in [9.17, 15) is 33.2 Å². The first kappa shape index (κ1) is 50.2. The van der Waals surface area contributed by atoms with Crippen LogP contribution in [-0.4, -0.2) is 110 Å². The van der Waals surface area contributed by atoms with Crippen molar-refractivity contribution in [3.63, 3.8) is 0 Å². The van der Waals surface area contributed by atoms with Crippen LogP contribution in [0.4, 0.5) is 31.0 Å². The van der Waals surface area contributed by atoms with Gasteiger partial charge >= 0.3 is 12.2 Å². The highest BCUT2D eigenvalue weighted by atomic mass is 19.1. The van der Waals surface area contributed by atoms with Crippen LogP contribution in [0.15, 0.2) is 72.8 Å². The van der Waals surface area contributed by atoms with E-state index in [0.717, 1.165) is 16.8 Å². The number of benzene rings is 3. The standard InChI is InChI=1S/C50H66FN7O9/c1-29-38(30-15-21-33(22-16-30)52-43(59)36-13-11-27-56(36)45(61)41(49(2,3)4)54-47(63)66-9)58(35-25-19-32(51)20-26-35)39(40(29)65-8)31-17-23-34(24-18-31)53-44(60)37-14-12-28-57(37)46(62)42(50(5,6)7)55-48(64)67-10/h15-26,29,36-42H,11-14,27-28H2,1-10H3,(H,52,59)(H,53,60)(H,54,63)(H,55,64)/t29-,36+,37+,38-,39+,40+,41-,42-/m1/s1. The number of ether oxygens (including phenoxy) is 3. The summed E-state index contributed by atoms with van der Waals surface area (Å²) in [5.41, 5.74) is 2.37. The van der Waals surface area contributed by atoms with E-state index in [1.54, 1.807) is 19.2 Å². The zero-order chi connectivity index (χ0) is 49.0. The van der Waals surface area contributed by atoms with E-state index >= 15 is 0 Å². The molecule has 0 aliphatic carbocycles. The average molecular weight is 928 g/mol. The van der Waals surface area contributed by atoms with Gasteiger partial charge in [0.2, 0.25) is 23.6 Å². The Morgan fingerprint density at radius 2 is 1.01 bits per heavy atom. The van der Waals surface area contributed by atoms with Crippen molar-refractivity contribution in [1.29, 1.82) is 0 Å². The van der Waals surface area contributed by atoms with Gasteiger partial charge in [0.25, 0.3) is 0 Å². The lowest BCUT2D eigenvalue weighted by atomic mass is 9.85. The van der Waals surface area contributed by atoms with Gasteiger partial charge in [-0.1, -0.05) is 72.7 Å². The lowest BCUT2D eigenvalue weighted by Crippen LogP contribution is -2.57. The molecule has 4 N–H and O–H groups in total. The molecule has 3 heterocycles. The number of hydrogen-bond donors (Lipinski definition) is 4. The molecule has 8 atom stereocenters. The molecule has 3 aromatic rings. The quantitative estimate of drug-likeness (QED) is 0.145. The summed E-state index contributed by atoms with van der Waals surface area (Å²) in [6, 6.07) is 17.5. The molecule has 3 aromatic carbocycles. The minimum absolute atomic E-state index is 0.0937. The molecule has 16 nitrogen and oxygen atoms in total. The topological polar surface area (TPSA) is 188 Å². The van der Waals surface area contributed by atoms with Gasteiger partial charge in [0.1, 0.15) is 30.0 Å². The molecule has 6 rings (SSSR count). The fourth-order valence-electron chi connectivity index (χ4n) is 9.71. The molecule has 0 radical (unpaired) electrons. The van der Waals surface area contributed by atoms with Crippen LogP contribution in [0.2, 0.25) is 0 Å². The number of carbonyl (C=O) groups is 6. The first-order valence-corrected chi connectivity index (χ1v) is 22.9. The van der Waals surface area contributed by atoms with Crippen LogP contribution in [0.5, 0.6) is 0 Å². The number of anilines is 3. The van der Waals surface area contributed by atoms with Gasteiger partial charge in [-0.2, -0.15) is 0 Å². The van der Waals surface area contributed by atoms with Gasteiger partial charge in [0, 0.05) is 43.2 Å².